The second-order valence-corrected chi connectivity index (χ2v) is 8.78. The van der Waals surface area contributed by atoms with Crippen LogP contribution in [0.25, 0.3) is 11.1 Å². The molecule has 35 heavy (non-hydrogen) atoms. The van der Waals surface area contributed by atoms with E-state index in [1.165, 1.54) is 12.1 Å². The second kappa shape index (κ2) is 11.3. The summed E-state index contributed by atoms with van der Waals surface area (Å²) in [5, 5.41) is 6.51. The van der Waals surface area contributed by atoms with Gasteiger partial charge in [-0.15, -0.1) is 0 Å². The lowest BCUT2D eigenvalue weighted by Crippen LogP contribution is -2.25. The number of benzene rings is 2. The van der Waals surface area contributed by atoms with Crippen molar-refractivity contribution in [2.24, 2.45) is 0 Å². The van der Waals surface area contributed by atoms with Gasteiger partial charge in [0.2, 0.25) is 0 Å². The molecule has 0 radical (unpaired) electrons. The normalized spacial score (nSPS) is 11.7. The van der Waals surface area contributed by atoms with Crippen LogP contribution in [0.4, 0.5) is 10.2 Å². The molecule has 2 N–H and O–H groups in total. The first-order valence-electron chi connectivity index (χ1n) is 11.1. The van der Waals surface area contributed by atoms with Gasteiger partial charge >= 0.3 is 0 Å². The van der Waals surface area contributed by atoms with E-state index in [4.69, 9.17) is 23.2 Å². The van der Waals surface area contributed by atoms with Gasteiger partial charge in [-0.3, -0.25) is 9.78 Å². The minimum Gasteiger partial charge on any atom is -0.363 e. The topological polar surface area (TPSA) is 66.9 Å². The number of aromatic nitrogens is 2. The Labute approximate surface area is 213 Å². The van der Waals surface area contributed by atoms with E-state index in [-0.39, 0.29) is 17.0 Å². The summed E-state index contributed by atoms with van der Waals surface area (Å²) in [4.78, 5) is 20.9. The molecule has 0 saturated heterocycles. The molecule has 1 amide bonds. The molecule has 0 fully saturated rings. The number of carbonyl (C=O) groups is 1. The molecule has 0 spiro atoms. The molecule has 5 nitrogen and oxygen atoms in total. The fourth-order valence-electron chi connectivity index (χ4n) is 3.67. The maximum atomic E-state index is 13.8. The van der Waals surface area contributed by atoms with E-state index >= 15 is 0 Å². The van der Waals surface area contributed by atoms with Gasteiger partial charge in [0.05, 0.1) is 11.1 Å². The van der Waals surface area contributed by atoms with E-state index in [0.29, 0.717) is 28.5 Å². The Bertz CT molecular complexity index is 1300. The first kappa shape index (κ1) is 24.6. The zero-order valence-corrected chi connectivity index (χ0v) is 20.4. The number of amides is 1. The third-order valence-corrected chi connectivity index (χ3v) is 6.28. The molecule has 2 heterocycles. The third kappa shape index (κ3) is 6.15. The number of hydrogen-bond donors (Lipinski definition) is 2. The first-order chi connectivity index (χ1) is 16.9. The fraction of sp³-hybridized carbons (Fsp3) is 0.148. The summed E-state index contributed by atoms with van der Waals surface area (Å²) in [5.74, 6) is -0.0383. The highest BCUT2D eigenvalue weighted by Crippen LogP contribution is 2.34. The Morgan fingerprint density at radius 2 is 1.69 bits per heavy atom. The fourth-order valence-corrected chi connectivity index (χ4v) is 4.37. The Kier molecular flexibility index (Phi) is 7.95. The van der Waals surface area contributed by atoms with Gasteiger partial charge in [0.15, 0.2) is 0 Å². The molecule has 4 rings (SSSR count). The monoisotopic (exact) mass is 508 g/mol. The Morgan fingerprint density at radius 3 is 2.37 bits per heavy atom. The molecule has 1 atom stereocenters. The largest absolute Gasteiger partial charge is 0.363 e. The van der Waals surface area contributed by atoms with Gasteiger partial charge < -0.3 is 10.6 Å². The summed E-state index contributed by atoms with van der Waals surface area (Å²) in [5.41, 5.74) is 4.02. The molecule has 0 aliphatic carbocycles. The van der Waals surface area contributed by atoms with Crippen LogP contribution >= 0.6 is 23.2 Å². The smallest absolute Gasteiger partial charge is 0.251 e. The number of pyridine rings is 2. The van der Waals surface area contributed by atoms with Crippen LogP contribution in [0.2, 0.25) is 10.0 Å². The highest BCUT2D eigenvalue weighted by Gasteiger charge is 2.17. The third-order valence-electron chi connectivity index (χ3n) is 5.57. The lowest BCUT2D eigenvalue weighted by atomic mass is 10.0. The van der Waals surface area contributed by atoms with Crippen LogP contribution in [0, 0.1) is 5.82 Å². The van der Waals surface area contributed by atoms with Crippen LogP contribution < -0.4 is 10.6 Å². The maximum absolute atomic E-state index is 13.8. The quantitative estimate of drug-likeness (QED) is 0.259. The van der Waals surface area contributed by atoms with Gasteiger partial charge in [-0.2, -0.15) is 0 Å². The SMILES string of the molecule is CC(Nc1ccc(-c2ccc(C(=O)NCCc3ccncc3)cc2)cn1)c1c(Cl)ccc(F)c1Cl. The van der Waals surface area contributed by atoms with Crippen molar-refractivity contribution >= 4 is 34.9 Å². The van der Waals surface area contributed by atoms with Gasteiger partial charge in [-0.1, -0.05) is 35.3 Å². The van der Waals surface area contributed by atoms with Gasteiger partial charge in [0.1, 0.15) is 11.6 Å². The molecule has 8 heteroatoms. The van der Waals surface area contributed by atoms with Crippen molar-refractivity contribution < 1.29 is 9.18 Å². The number of hydrogen-bond acceptors (Lipinski definition) is 4. The first-order valence-corrected chi connectivity index (χ1v) is 11.8. The zero-order chi connectivity index (χ0) is 24.8. The molecule has 0 saturated carbocycles. The van der Waals surface area contributed by atoms with Crippen LogP contribution in [0.1, 0.15) is 34.5 Å². The van der Waals surface area contributed by atoms with Gasteiger partial charge in [0.25, 0.3) is 5.91 Å². The van der Waals surface area contributed by atoms with Crippen LogP contribution in [0.5, 0.6) is 0 Å². The second-order valence-electron chi connectivity index (χ2n) is 7.99. The van der Waals surface area contributed by atoms with Crippen molar-refractivity contribution in [1.29, 1.82) is 0 Å². The average Bonchev–Trinajstić information content (AvgIpc) is 2.88. The van der Waals surface area contributed by atoms with Crippen LogP contribution in [-0.4, -0.2) is 22.4 Å². The van der Waals surface area contributed by atoms with Crippen molar-refractivity contribution in [2.45, 2.75) is 19.4 Å². The van der Waals surface area contributed by atoms with Gasteiger partial charge in [-0.05, 0) is 73.0 Å². The molecular weight excluding hydrogens is 486 g/mol. The summed E-state index contributed by atoms with van der Waals surface area (Å²) in [6, 6.07) is 17.3. The molecular formula is C27H23Cl2FN4O. The predicted octanol–water partition coefficient (Wildman–Crippen LogP) is 6.74. The summed E-state index contributed by atoms with van der Waals surface area (Å²) in [6.45, 7) is 2.39. The summed E-state index contributed by atoms with van der Waals surface area (Å²) in [7, 11) is 0. The van der Waals surface area contributed by atoms with E-state index in [1.54, 1.807) is 30.7 Å². The minimum atomic E-state index is -0.520. The molecule has 0 aliphatic rings. The highest BCUT2D eigenvalue weighted by molar-refractivity contribution is 6.36. The molecule has 0 bridgehead atoms. The highest BCUT2D eigenvalue weighted by atomic mass is 35.5. The van der Waals surface area contributed by atoms with Gasteiger partial charge in [-0.25, -0.2) is 9.37 Å². The summed E-state index contributed by atoms with van der Waals surface area (Å²) in [6.07, 6.45) is 5.95. The van der Waals surface area contributed by atoms with Gasteiger partial charge in [0, 0.05) is 46.8 Å². The van der Waals surface area contributed by atoms with Crippen molar-refractivity contribution in [1.82, 2.24) is 15.3 Å². The van der Waals surface area contributed by atoms with Crippen LogP contribution in [0.3, 0.4) is 0 Å². The van der Waals surface area contributed by atoms with E-state index < -0.39 is 5.82 Å². The molecule has 2 aromatic heterocycles. The Morgan fingerprint density at radius 1 is 0.971 bits per heavy atom. The molecule has 178 valence electrons. The van der Waals surface area contributed by atoms with Crippen LogP contribution in [0.15, 0.2) is 79.3 Å². The maximum Gasteiger partial charge on any atom is 0.251 e. The standard InChI is InChI=1S/C27H23Cl2FN4O/c1-17(25-22(28)7-8-23(30)26(25)29)34-24-9-6-21(16-33-24)19-2-4-20(5-3-19)27(35)32-15-12-18-10-13-31-14-11-18/h2-11,13-14,16-17H,12,15H2,1H3,(H,32,35)(H,33,34). The van der Waals surface area contributed by atoms with Crippen LogP contribution in [-0.2, 0) is 6.42 Å². The number of nitrogens with zero attached hydrogens (tertiary/aromatic N) is 2. The van der Waals surface area contributed by atoms with Crippen molar-refractivity contribution in [3.8, 4) is 11.1 Å². The predicted molar refractivity (Wildman–Crippen MR) is 138 cm³/mol. The number of anilines is 1. The average molecular weight is 509 g/mol. The van der Waals surface area contributed by atoms with Crippen molar-refractivity contribution in [3.63, 3.8) is 0 Å². The van der Waals surface area contributed by atoms with Crippen molar-refractivity contribution in [2.75, 3.05) is 11.9 Å². The number of rotatable bonds is 8. The minimum absolute atomic E-state index is 0.00406. The molecule has 1 unspecified atom stereocenters. The van der Waals surface area contributed by atoms with E-state index in [9.17, 15) is 9.18 Å². The van der Waals surface area contributed by atoms with E-state index in [2.05, 4.69) is 20.6 Å². The Balaban J connectivity index is 1.36. The summed E-state index contributed by atoms with van der Waals surface area (Å²) < 4.78 is 13.8. The van der Waals surface area contributed by atoms with E-state index in [1.807, 2.05) is 43.3 Å². The summed E-state index contributed by atoms with van der Waals surface area (Å²) >= 11 is 12.3. The lowest BCUT2D eigenvalue weighted by molar-refractivity contribution is 0.0954. The number of halogens is 3. The lowest BCUT2D eigenvalue weighted by Gasteiger charge is -2.18. The molecule has 2 aromatic carbocycles. The molecule has 0 aliphatic heterocycles. The van der Waals surface area contributed by atoms with Crippen molar-refractivity contribution in [3.05, 3.63) is 112 Å². The van der Waals surface area contributed by atoms with E-state index in [0.717, 1.165) is 23.1 Å². The Hall–Kier alpha value is -3.48. The number of nitrogens with one attached hydrogen (secondary N) is 2. The number of carbonyl (C=O) groups excluding carboxylic acids is 1. The zero-order valence-electron chi connectivity index (χ0n) is 18.9. The molecule has 4 aromatic rings.